The normalized spacial score (nSPS) is 20.9. The Kier molecular flexibility index (Phi) is 7.03. The van der Waals surface area contributed by atoms with E-state index in [0.717, 1.165) is 46.8 Å². The second-order valence-electron chi connectivity index (χ2n) is 8.99. The quantitative estimate of drug-likeness (QED) is 0.209. The Balaban J connectivity index is 1.06. The lowest BCUT2D eigenvalue weighted by molar-refractivity contribution is -0.121. The van der Waals surface area contributed by atoms with Crippen LogP contribution in [0.25, 0.3) is 21.8 Å². The summed E-state index contributed by atoms with van der Waals surface area (Å²) in [6.07, 6.45) is 3.21. The third-order valence-electron chi connectivity index (χ3n) is 6.63. The van der Waals surface area contributed by atoms with Crippen molar-refractivity contribution in [3.05, 3.63) is 54.1 Å². The molecule has 3 atom stereocenters. The summed E-state index contributed by atoms with van der Waals surface area (Å²) in [5.41, 5.74) is 2.17. The Labute approximate surface area is 208 Å². The van der Waals surface area contributed by atoms with Crippen molar-refractivity contribution in [1.82, 2.24) is 26.3 Å². The number of hydrogen-bond donors (Lipinski definition) is 4. The largest absolute Gasteiger partial charge is 0.354 e. The Morgan fingerprint density at radius 1 is 0.943 bits per heavy atom. The summed E-state index contributed by atoms with van der Waals surface area (Å²) < 4.78 is 0. The minimum Gasteiger partial charge on any atom is -0.354 e. The standard InChI is InChI=1S/C26H29N5O3S/c32-22(12-6-5-11-21-24-20(15-35-21)30-26(34)31-24)27-13-14-28-25(33)23-16-7-1-3-9-18(16)29-19-10-4-2-8-17(19)23/h1-4,7-10,20-21,24H,5-6,11-15H2,(H,27,32)(H,28,33)(H2,30,31,34)/t20-,21-,24-/m0/s1. The second-order valence-corrected chi connectivity index (χ2v) is 10.3. The molecule has 4 amide bonds. The van der Waals surface area contributed by atoms with Crippen LogP contribution in [0.5, 0.6) is 0 Å². The number of para-hydroxylation sites is 2. The van der Waals surface area contributed by atoms with Gasteiger partial charge in [0, 0.05) is 41.3 Å². The molecule has 0 unspecified atom stereocenters. The number of thioether (sulfide) groups is 1. The number of carbonyl (C=O) groups excluding carboxylic acids is 3. The highest BCUT2D eigenvalue weighted by atomic mass is 32.2. The highest BCUT2D eigenvalue weighted by Crippen LogP contribution is 2.33. The van der Waals surface area contributed by atoms with E-state index in [1.807, 2.05) is 60.3 Å². The molecule has 3 aromatic rings. The molecule has 0 bridgehead atoms. The Hall–Kier alpha value is -3.33. The number of amides is 4. The van der Waals surface area contributed by atoms with Gasteiger partial charge in [-0.2, -0.15) is 11.8 Å². The monoisotopic (exact) mass is 491 g/mol. The number of unbranched alkanes of at least 4 members (excludes halogenated alkanes) is 1. The zero-order valence-electron chi connectivity index (χ0n) is 19.4. The van der Waals surface area contributed by atoms with Crippen LogP contribution in [0.3, 0.4) is 0 Å². The fourth-order valence-electron chi connectivity index (χ4n) is 4.91. The summed E-state index contributed by atoms with van der Waals surface area (Å²) in [6.45, 7) is 0.732. The van der Waals surface area contributed by atoms with Crippen LogP contribution in [-0.2, 0) is 4.79 Å². The van der Waals surface area contributed by atoms with Crippen LogP contribution in [0.4, 0.5) is 4.79 Å². The van der Waals surface area contributed by atoms with Gasteiger partial charge in [-0.25, -0.2) is 9.78 Å². The average Bonchev–Trinajstić information content (AvgIpc) is 3.42. The molecule has 0 saturated carbocycles. The third kappa shape index (κ3) is 5.19. The summed E-state index contributed by atoms with van der Waals surface area (Å²) in [7, 11) is 0. The molecule has 1 aromatic heterocycles. The maximum atomic E-state index is 13.1. The first kappa shape index (κ1) is 23.4. The van der Waals surface area contributed by atoms with Crippen LogP contribution >= 0.6 is 11.8 Å². The van der Waals surface area contributed by atoms with E-state index in [0.29, 0.717) is 30.3 Å². The van der Waals surface area contributed by atoms with Crippen molar-refractivity contribution in [1.29, 1.82) is 0 Å². The molecule has 5 rings (SSSR count). The van der Waals surface area contributed by atoms with Gasteiger partial charge in [-0.15, -0.1) is 0 Å². The number of pyridine rings is 1. The fraction of sp³-hybridized carbons (Fsp3) is 0.385. The molecule has 182 valence electrons. The smallest absolute Gasteiger partial charge is 0.315 e. The molecule has 8 nitrogen and oxygen atoms in total. The van der Waals surface area contributed by atoms with Gasteiger partial charge in [-0.3, -0.25) is 9.59 Å². The van der Waals surface area contributed by atoms with E-state index in [4.69, 9.17) is 0 Å². The Bertz CT molecular complexity index is 1210. The summed E-state index contributed by atoms with van der Waals surface area (Å²) >= 11 is 1.89. The summed E-state index contributed by atoms with van der Waals surface area (Å²) in [5, 5.41) is 13.8. The molecule has 2 saturated heterocycles. The number of nitrogens with zero attached hydrogens (tertiary/aromatic N) is 1. The molecule has 35 heavy (non-hydrogen) atoms. The number of rotatable bonds is 9. The molecule has 0 aliphatic carbocycles. The van der Waals surface area contributed by atoms with E-state index in [2.05, 4.69) is 26.3 Å². The molecule has 0 spiro atoms. The van der Waals surface area contributed by atoms with Crippen molar-refractivity contribution in [2.24, 2.45) is 0 Å². The minimum atomic E-state index is -0.171. The fourth-order valence-corrected chi connectivity index (χ4v) is 6.46. The molecule has 2 aromatic carbocycles. The molecule has 2 fully saturated rings. The predicted octanol–water partition coefficient (Wildman–Crippen LogP) is 2.96. The Morgan fingerprint density at radius 2 is 1.63 bits per heavy atom. The summed E-state index contributed by atoms with van der Waals surface area (Å²) in [6, 6.07) is 15.6. The molecule has 3 heterocycles. The van der Waals surface area contributed by atoms with Crippen molar-refractivity contribution in [2.75, 3.05) is 18.8 Å². The maximum Gasteiger partial charge on any atom is 0.315 e. The highest BCUT2D eigenvalue weighted by Gasteiger charge is 2.42. The van der Waals surface area contributed by atoms with Gasteiger partial charge in [-0.05, 0) is 25.0 Å². The predicted molar refractivity (Wildman–Crippen MR) is 139 cm³/mol. The van der Waals surface area contributed by atoms with Crippen LogP contribution < -0.4 is 21.3 Å². The molecular formula is C26H29N5O3S. The van der Waals surface area contributed by atoms with Gasteiger partial charge in [0.1, 0.15) is 0 Å². The highest BCUT2D eigenvalue weighted by molar-refractivity contribution is 8.00. The van der Waals surface area contributed by atoms with Gasteiger partial charge in [-0.1, -0.05) is 42.8 Å². The van der Waals surface area contributed by atoms with E-state index < -0.39 is 0 Å². The number of urea groups is 1. The van der Waals surface area contributed by atoms with Gasteiger partial charge < -0.3 is 21.3 Å². The third-order valence-corrected chi connectivity index (χ3v) is 8.14. The number of fused-ring (bicyclic) bond motifs is 3. The van der Waals surface area contributed by atoms with Crippen LogP contribution in [-0.4, -0.2) is 59.0 Å². The van der Waals surface area contributed by atoms with Crippen LogP contribution in [0, 0.1) is 0 Å². The van der Waals surface area contributed by atoms with Crippen molar-refractivity contribution >= 4 is 51.4 Å². The van der Waals surface area contributed by atoms with E-state index in [1.54, 1.807) is 0 Å². The first-order chi connectivity index (χ1) is 17.1. The maximum absolute atomic E-state index is 13.1. The van der Waals surface area contributed by atoms with Gasteiger partial charge >= 0.3 is 6.03 Å². The van der Waals surface area contributed by atoms with Gasteiger partial charge in [0.05, 0.1) is 28.7 Å². The van der Waals surface area contributed by atoms with Crippen LogP contribution in [0.1, 0.15) is 36.0 Å². The molecule has 4 N–H and O–H groups in total. The topological polar surface area (TPSA) is 112 Å². The van der Waals surface area contributed by atoms with Crippen LogP contribution in [0.15, 0.2) is 48.5 Å². The van der Waals surface area contributed by atoms with Gasteiger partial charge in [0.25, 0.3) is 5.91 Å². The number of aromatic nitrogens is 1. The lowest BCUT2D eigenvalue weighted by Gasteiger charge is -2.16. The lowest BCUT2D eigenvalue weighted by Crippen LogP contribution is -2.36. The van der Waals surface area contributed by atoms with E-state index in [9.17, 15) is 14.4 Å². The van der Waals surface area contributed by atoms with Crippen LogP contribution in [0.2, 0.25) is 0 Å². The lowest BCUT2D eigenvalue weighted by atomic mass is 10.0. The average molecular weight is 492 g/mol. The van der Waals surface area contributed by atoms with Crippen molar-refractivity contribution in [3.63, 3.8) is 0 Å². The first-order valence-electron chi connectivity index (χ1n) is 12.1. The van der Waals surface area contributed by atoms with Gasteiger partial charge in [0.2, 0.25) is 5.91 Å². The Morgan fingerprint density at radius 3 is 2.37 bits per heavy atom. The zero-order chi connectivity index (χ0) is 24.2. The summed E-state index contributed by atoms with van der Waals surface area (Å²) in [5.74, 6) is 0.771. The molecular weight excluding hydrogens is 462 g/mol. The number of benzene rings is 2. The van der Waals surface area contributed by atoms with E-state index >= 15 is 0 Å². The van der Waals surface area contributed by atoms with E-state index in [-0.39, 0.29) is 29.9 Å². The second kappa shape index (κ2) is 10.5. The summed E-state index contributed by atoms with van der Waals surface area (Å²) in [4.78, 5) is 41.4. The molecule has 9 heteroatoms. The molecule has 2 aliphatic heterocycles. The zero-order valence-corrected chi connectivity index (χ0v) is 20.2. The van der Waals surface area contributed by atoms with Crippen molar-refractivity contribution in [2.45, 2.75) is 43.0 Å². The first-order valence-corrected chi connectivity index (χ1v) is 13.2. The molecule has 0 radical (unpaired) electrons. The number of nitrogens with one attached hydrogen (secondary N) is 4. The number of hydrogen-bond acceptors (Lipinski definition) is 5. The van der Waals surface area contributed by atoms with Crippen molar-refractivity contribution < 1.29 is 14.4 Å². The van der Waals surface area contributed by atoms with Gasteiger partial charge in [0.15, 0.2) is 0 Å². The SMILES string of the molecule is O=C(CCCC[C@@H]1SC[C@@H]2NC(=O)N[C@@H]21)NCCNC(=O)c1c2ccccc2nc2ccccc12. The van der Waals surface area contributed by atoms with E-state index in [1.165, 1.54) is 0 Å². The number of carbonyl (C=O) groups is 3. The van der Waals surface area contributed by atoms with Crippen molar-refractivity contribution in [3.8, 4) is 0 Å². The minimum absolute atomic E-state index is 0.00755. The molecule has 2 aliphatic rings.